The molecule has 2 aliphatic heterocycles. The number of ether oxygens (including phenoxy) is 2. The van der Waals surface area contributed by atoms with Crippen LogP contribution in [0.4, 0.5) is 5.82 Å². The Bertz CT molecular complexity index is 822. The van der Waals surface area contributed by atoms with Gasteiger partial charge < -0.3 is 19.3 Å². The number of rotatable bonds is 2. The molecule has 0 spiro atoms. The molecule has 7 nitrogen and oxygen atoms in total. The molecule has 130 valence electrons. The summed E-state index contributed by atoms with van der Waals surface area (Å²) < 4.78 is 10.7. The van der Waals surface area contributed by atoms with E-state index in [0.29, 0.717) is 30.2 Å². The van der Waals surface area contributed by atoms with Crippen LogP contribution in [0.15, 0.2) is 24.5 Å². The molecule has 0 aliphatic carbocycles. The first kappa shape index (κ1) is 15.7. The summed E-state index contributed by atoms with van der Waals surface area (Å²) in [5.74, 6) is 2.25. The highest BCUT2D eigenvalue weighted by atomic mass is 16.7. The van der Waals surface area contributed by atoms with E-state index in [1.807, 2.05) is 23.9 Å². The second-order valence-corrected chi connectivity index (χ2v) is 6.38. The molecule has 2 aliphatic rings. The molecule has 0 atom stereocenters. The third-order valence-corrected chi connectivity index (χ3v) is 4.59. The average molecular weight is 340 g/mol. The Labute approximate surface area is 146 Å². The summed E-state index contributed by atoms with van der Waals surface area (Å²) in [6, 6.07) is 5.34. The molecule has 0 N–H and O–H groups in total. The maximum atomic E-state index is 12.9. The van der Waals surface area contributed by atoms with Gasteiger partial charge in [0.25, 0.3) is 5.91 Å². The van der Waals surface area contributed by atoms with Crippen molar-refractivity contribution in [3.63, 3.8) is 0 Å². The molecule has 3 heterocycles. The van der Waals surface area contributed by atoms with E-state index in [4.69, 9.17) is 9.47 Å². The van der Waals surface area contributed by atoms with Crippen molar-refractivity contribution in [3.8, 4) is 11.5 Å². The van der Waals surface area contributed by atoms with E-state index in [0.717, 1.165) is 29.9 Å². The third-order valence-electron chi connectivity index (χ3n) is 4.59. The highest BCUT2D eigenvalue weighted by Gasteiger charge is 2.24. The minimum Gasteiger partial charge on any atom is -0.454 e. The van der Waals surface area contributed by atoms with E-state index in [1.165, 1.54) is 0 Å². The molecule has 1 aromatic heterocycles. The lowest BCUT2D eigenvalue weighted by Crippen LogP contribution is -2.33. The molecule has 0 unspecified atom stereocenters. The number of benzene rings is 1. The van der Waals surface area contributed by atoms with Gasteiger partial charge in [0.15, 0.2) is 11.5 Å². The van der Waals surface area contributed by atoms with Gasteiger partial charge in [-0.3, -0.25) is 4.79 Å². The monoisotopic (exact) mass is 340 g/mol. The molecule has 0 bridgehead atoms. The minimum absolute atomic E-state index is 0.00506. The van der Waals surface area contributed by atoms with Gasteiger partial charge in [0.1, 0.15) is 12.1 Å². The van der Waals surface area contributed by atoms with Crippen LogP contribution in [0.25, 0.3) is 0 Å². The number of hydrogen-bond donors (Lipinski definition) is 0. The fourth-order valence-corrected chi connectivity index (χ4v) is 3.31. The van der Waals surface area contributed by atoms with Crippen LogP contribution in [0, 0.1) is 0 Å². The summed E-state index contributed by atoms with van der Waals surface area (Å²) in [4.78, 5) is 25.6. The summed E-state index contributed by atoms with van der Waals surface area (Å²) in [7, 11) is 3.95. The van der Waals surface area contributed by atoms with Crippen molar-refractivity contribution in [2.75, 3.05) is 38.9 Å². The quantitative estimate of drug-likeness (QED) is 0.826. The van der Waals surface area contributed by atoms with Crippen LogP contribution < -0.4 is 14.4 Å². The summed E-state index contributed by atoms with van der Waals surface area (Å²) >= 11 is 0. The summed E-state index contributed by atoms with van der Waals surface area (Å²) in [6.07, 6.45) is 3.08. The Hall–Kier alpha value is -2.83. The lowest BCUT2D eigenvalue weighted by molar-refractivity contribution is 0.0762. The van der Waals surface area contributed by atoms with Gasteiger partial charge in [0.2, 0.25) is 6.79 Å². The van der Waals surface area contributed by atoms with Crippen molar-refractivity contribution in [2.45, 2.75) is 12.8 Å². The zero-order valence-electron chi connectivity index (χ0n) is 14.4. The number of carbonyl (C=O) groups excluding carboxylic acids is 1. The third kappa shape index (κ3) is 2.86. The highest BCUT2D eigenvalue weighted by Crippen LogP contribution is 2.33. The van der Waals surface area contributed by atoms with E-state index in [-0.39, 0.29) is 12.7 Å². The van der Waals surface area contributed by atoms with Gasteiger partial charge in [-0.2, -0.15) is 0 Å². The van der Waals surface area contributed by atoms with Crippen molar-refractivity contribution >= 4 is 11.7 Å². The van der Waals surface area contributed by atoms with Crippen LogP contribution in [0.3, 0.4) is 0 Å². The zero-order chi connectivity index (χ0) is 17.4. The predicted molar refractivity (Wildman–Crippen MR) is 92.2 cm³/mol. The van der Waals surface area contributed by atoms with Gasteiger partial charge in [-0.15, -0.1) is 0 Å². The fourth-order valence-electron chi connectivity index (χ4n) is 3.31. The average Bonchev–Trinajstić information content (AvgIpc) is 2.98. The number of anilines is 1. The fraction of sp³-hybridized carbons (Fsp3) is 0.389. The topological polar surface area (TPSA) is 67.8 Å². The zero-order valence-corrected chi connectivity index (χ0v) is 14.4. The molecule has 25 heavy (non-hydrogen) atoms. The van der Waals surface area contributed by atoms with E-state index < -0.39 is 0 Å². The lowest BCUT2D eigenvalue weighted by atomic mass is 10.1. The lowest BCUT2D eigenvalue weighted by Gasteiger charge is -2.20. The summed E-state index contributed by atoms with van der Waals surface area (Å²) in [5, 5.41) is 0. The van der Waals surface area contributed by atoms with Crippen molar-refractivity contribution in [1.29, 1.82) is 0 Å². The normalized spacial score (nSPS) is 15.5. The maximum absolute atomic E-state index is 12.9. The van der Waals surface area contributed by atoms with Crippen LogP contribution in [0.2, 0.25) is 0 Å². The van der Waals surface area contributed by atoms with Crippen molar-refractivity contribution < 1.29 is 14.3 Å². The van der Waals surface area contributed by atoms with E-state index >= 15 is 0 Å². The molecule has 7 heteroatoms. The van der Waals surface area contributed by atoms with Gasteiger partial charge in [-0.25, -0.2) is 9.97 Å². The molecule has 0 radical (unpaired) electrons. The molecule has 0 fully saturated rings. The SMILES string of the molecule is CN(C)c1ncnc2c1CCN(C(=O)c1ccc3c(c1)OCO3)CC2. The second kappa shape index (κ2) is 6.23. The number of amides is 1. The van der Waals surface area contributed by atoms with Gasteiger partial charge in [-0.1, -0.05) is 0 Å². The second-order valence-electron chi connectivity index (χ2n) is 6.38. The highest BCUT2D eigenvalue weighted by molar-refractivity contribution is 5.95. The Kier molecular flexibility index (Phi) is 3.91. The summed E-state index contributed by atoms with van der Waals surface area (Å²) in [6.45, 7) is 1.50. The number of hydrogen-bond acceptors (Lipinski definition) is 6. The molecule has 0 saturated heterocycles. The molecule has 1 aromatic carbocycles. The van der Waals surface area contributed by atoms with Crippen LogP contribution in [0.5, 0.6) is 11.5 Å². The Morgan fingerprint density at radius 3 is 2.76 bits per heavy atom. The van der Waals surface area contributed by atoms with Crippen molar-refractivity contribution in [3.05, 3.63) is 41.3 Å². The Morgan fingerprint density at radius 1 is 1.12 bits per heavy atom. The standard InChI is InChI=1S/C18H20N4O3/c1-21(2)17-13-5-7-22(8-6-14(13)19-10-20-17)18(23)12-3-4-15-16(9-12)25-11-24-15/h3-4,9-10H,5-8,11H2,1-2H3. The van der Waals surface area contributed by atoms with Gasteiger partial charge in [0, 0.05) is 44.7 Å². The van der Waals surface area contributed by atoms with Gasteiger partial charge in [0.05, 0.1) is 5.69 Å². The first-order valence-corrected chi connectivity index (χ1v) is 8.32. The Morgan fingerprint density at radius 2 is 1.92 bits per heavy atom. The van der Waals surface area contributed by atoms with Gasteiger partial charge >= 0.3 is 0 Å². The molecular formula is C18H20N4O3. The van der Waals surface area contributed by atoms with Crippen LogP contribution >= 0.6 is 0 Å². The van der Waals surface area contributed by atoms with Crippen molar-refractivity contribution in [1.82, 2.24) is 14.9 Å². The largest absolute Gasteiger partial charge is 0.454 e. The molecule has 4 rings (SSSR count). The number of nitrogens with zero attached hydrogens (tertiary/aromatic N) is 4. The predicted octanol–water partition coefficient (Wildman–Crippen LogP) is 1.51. The first-order chi connectivity index (χ1) is 12.1. The smallest absolute Gasteiger partial charge is 0.254 e. The van der Waals surface area contributed by atoms with E-state index in [1.54, 1.807) is 24.5 Å². The molecule has 0 saturated carbocycles. The van der Waals surface area contributed by atoms with Gasteiger partial charge in [-0.05, 0) is 24.6 Å². The number of carbonyl (C=O) groups is 1. The van der Waals surface area contributed by atoms with E-state index in [9.17, 15) is 4.79 Å². The van der Waals surface area contributed by atoms with Crippen LogP contribution in [-0.2, 0) is 12.8 Å². The Balaban J connectivity index is 1.55. The molecule has 2 aromatic rings. The maximum Gasteiger partial charge on any atom is 0.254 e. The molecular weight excluding hydrogens is 320 g/mol. The van der Waals surface area contributed by atoms with Crippen LogP contribution in [0.1, 0.15) is 21.6 Å². The molecule has 1 amide bonds. The number of fused-ring (bicyclic) bond motifs is 2. The van der Waals surface area contributed by atoms with E-state index in [2.05, 4.69) is 9.97 Å². The minimum atomic E-state index is 0.00506. The summed E-state index contributed by atoms with van der Waals surface area (Å²) in [5.41, 5.74) is 2.78. The first-order valence-electron chi connectivity index (χ1n) is 8.32. The van der Waals surface area contributed by atoms with Crippen LogP contribution in [-0.4, -0.2) is 54.8 Å². The van der Waals surface area contributed by atoms with Crippen molar-refractivity contribution in [2.24, 2.45) is 0 Å². The number of aromatic nitrogens is 2.